The molecule has 0 saturated heterocycles. The number of rotatable bonds is 2. The molecule has 0 atom stereocenters. The first-order valence-electron chi connectivity index (χ1n) is 6.11. The quantitative estimate of drug-likeness (QED) is 0.729. The van der Waals surface area contributed by atoms with Crippen LogP contribution in [0, 0.1) is 0 Å². The molecule has 3 aromatic carbocycles. The summed E-state index contributed by atoms with van der Waals surface area (Å²) in [6.07, 6.45) is 0. The highest BCUT2D eigenvalue weighted by Gasteiger charge is 2.09. The molecule has 0 bridgehead atoms. The molecule has 0 aromatic heterocycles. The molecular formula is C16H12O3S. The lowest BCUT2D eigenvalue weighted by Gasteiger charge is -2.05. The predicted molar refractivity (Wildman–Crippen MR) is 79.2 cm³/mol. The summed E-state index contributed by atoms with van der Waals surface area (Å²) in [4.78, 5) is -0.0953. The van der Waals surface area contributed by atoms with E-state index in [0.717, 1.165) is 21.9 Å². The molecule has 0 aliphatic heterocycles. The van der Waals surface area contributed by atoms with Crippen molar-refractivity contribution >= 4 is 20.9 Å². The van der Waals surface area contributed by atoms with E-state index < -0.39 is 10.1 Å². The molecule has 3 nitrogen and oxygen atoms in total. The van der Waals surface area contributed by atoms with Gasteiger partial charge in [-0.1, -0.05) is 48.5 Å². The molecule has 0 spiro atoms. The second-order valence-corrected chi connectivity index (χ2v) is 5.98. The van der Waals surface area contributed by atoms with E-state index in [-0.39, 0.29) is 4.90 Å². The molecule has 3 rings (SSSR count). The number of benzene rings is 3. The Bertz CT molecular complexity index is 866. The van der Waals surface area contributed by atoms with Crippen LogP contribution in [0.15, 0.2) is 71.6 Å². The van der Waals surface area contributed by atoms with Gasteiger partial charge in [-0.2, -0.15) is 8.42 Å². The minimum Gasteiger partial charge on any atom is -0.282 e. The molecule has 0 unspecified atom stereocenters. The fourth-order valence-electron chi connectivity index (χ4n) is 2.19. The fraction of sp³-hybridized carbons (Fsp3) is 0. The van der Waals surface area contributed by atoms with Crippen LogP contribution in [0.2, 0.25) is 0 Å². The van der Waals surface area contributed by atoms with E-state index in [1.54, 1.807) is 12.1 Å². The van der Waals surface area contributed by atoms with Crippen LogP contribution in [-0.4, -0.2) is 13.0 Å². The predicted octanol–water partition coefficient (Wildman–Crippen LogP) is 3.75. The summed E-state index contributed by atoms with van der Waals surface area (Å²) in [6, 6.07) is 20.3. The Kier molecular flexibility index (Phi) is 3.04. The second-order valence-electron chi connectivity index (χ2n) is 4.56. The van der Waals surface area contributed by atoms with Crippen LogP contribution >= 0.6 is 0 Å². The Labute approximate surface area is 117 Å². The topological polar surface area (TPSA) is 54.4 Å². The van der Waals surface area contributed by atoms with Gasteiger partial charge < -0.3 is 0 Å². The standard InChI is InChI=1S/C16H12O3S/c17-20(18,19)16-9-7-13(8-10-16)15-6-5-12-3-1-2-4-14(12)11-15/h1-11H,(H,17,18,19). The maximum absolute atomic E-state index is 11.0. The molecule has 0 fully saturated rings. The average Bonchev–Trinajstić information content (AvgIpc) is 2.46. The van der Waals surface area contributed by atoms with Crippen molar-refractivity contribution in [3.63, 3.8) is 0 Å². The lowest BCUT2D eigenvalue weighted by atomic mass is 10.0. The normalized spacial score (nSPS) is 11.7. The van der Waals surface area contributed by atoms with Gasteiger partial charge in [0.15, 0.2) is 0 Å². The van der Waals surface area contributed by atoms with Gasteiger partial charge >= 0.3 is 0 Å². The third kappa shape index (κ3) is 2.43. The van der Waals surface area contributed by atoms with Crippen LogP contribution in [0.5, 0.6) is 0 Å². The Morgan fingerprint density at radius 3 is 1.95 bits per heavy atom. The molecular weight excluding hydrogens is 272 g/mol. The first-order chi connectivity index (χ1) is 9.54. The zero-order valence-electron chi connectivity index (χ0n) is 10.5. The van der Waals surface area contributed by atoms with Crippen molar-refractivity contribution in [2.45, 2.75) is 4.90 Å². The largest absolute Gasteiger partial charge is 0.294 e. The van der Waals surface area contributed by atoms with E-state index in [1.165, 1.54) is 12.1 Å². The molecule has 4 heteroatoms. The molecule has 0 heterocycles. The van der Waals surface area contributed by atoms with Crippen molar-refractivity contribution in [2.75, 3.05) is 0 Å². The van der Waals surface area contributed by atoms with Gasteiger partial charge in [0, 0.05) is 0 Å². The van der Waals surface area contributed by atoms with Gasteiger partial charge in [0.25, 0.3) is 10.1 Å². The lowest BCUT2D eigenvalue weighted by Crippen LogP contribution is -1.97. The minimum absolute atomic E-state index is 0.0953. The van der Waals surface area contributed by atoms with Crippen molar-refractivity contribution in [3.8, 4) is 11.1 Å². The molecule has 0 saturated carbocycles. The maximum Gasteiger partial charge on any atom is 0.294 e. The summed E-state index contributed by atoms with van der Waals surface area (Å²) in [5, 5.41) is 2.29. The van der Waals surface area contributed by atoms with Crippen molar-refractivity contribution < 1.29 is 13.0 Å². The molecule has 0 aliphatic carbocycles. The summed E-state index contributed by atoms with van der Waals surface area (Å²) in [7, 11) is -4.14. The first kappa shape index (κ1) is 12.8. The molecule has 20 heavy (non-hydrogen) atoms. The SMILES string of the molecule is O=S(=O)(O)c1ccc(-c2ccc3ccccc3c2)cc1. The minimum atomic E-state index is -4.14. The Hall–Kier alpha value is -2.17. The van der Waals surface area contributed by atoms with Crippen LogP contribution in [0.1, 0.15) is 0 Å². The summed E-state index contributed by atoms with van der Waals surface area (Å²) in [5.74, 6) is 0. The van der Waals surface area contributed by atoms with E-state index in [4.69, 9.17) is 4.55 Å². The smallest absolute Gasteiger partial charge is 0.282 e. The van der Waals surface area contributed by atoms with Crippen molar-refractivity contribution in [3.05, 3.63) is 66.7 Å². The van der Waals surface area contributed by atoms with E-state index in [1.807, 2.05) is 36.4 Å². The first-order valence-corrected chi connectivity index (χ1v) is 7.55. The fourth-order valence-corrected chi connectivity index (χ4v) is 2.67. The molecule has 0 amide bonds. The number of fused-ring (bicyclic) bond motifs is 1. The van der Waals surface area contributed by atoms with Gasteiger partial charge in [-0.25, -0.2) is 0 Å². The summed E-state index contributed by atoms with van der Waals surface area (Å²) < 4.78 is 31.0. The van der Waals surface area contributed by atoms with Gasteiger partial charge in [0.1, 0.15) is 0 Å². The number of hydrogen-bond donors (Lipinski definition) is 1. The van der Waals surface area contributed by atoms with Crippen molar-refractivity contribution in [1.29, 1.82) is 0 Å². The van der Waals surface area contributed by atoms with E-state index in [0.29, 0.717) is 0 Å². The number of hydrogen-bond acceptors (Lipinski definition) is 2. The molecule has 0 radical (unpaired) electrons. The highest BCUT2D eigenvalue weighted by molar-refractivity contribution is 7.85. The summed E-state index contributed by atoms with van der Waals surface area (Å²) in [5.41, 5.74) is 1.91. The van der Waals surface area contributed by atoms with E-state index in [2.05, 4.69) is 6.07 Å². The second kappa shape index (κ2) is 4.74. The van der Waals surface area contributed by atoms with Gasteiger partial charge in [-0.15, -0.1) is 0 Å². The van der Waals surface area contributed by atoms with Crippen LogP contribution in [0.4, 0.5) is 0 Å². The van der Waals surface area contributed by atoms with Crippen molar-refractivity contribution in [2.24, 2.45) is 0 Å². The van der Waals surface area contributed by atoms with Crippen LogP contribution < -0.4 is 0 Å². The monoisotopic (exact) mass is 284 g/mol. The van der Waals surface area contributed by atoms with Gasteiger partial charge in [0.2, 0.25) is 0 Å². The zero-order valence-corrected chi connectivity index (χ0v) is 11.3. The zero-order chi connectivity index (χ0) is 14.2. The highest BCUT2D eigenvalue weighted by atomic mass is 32.2. The summed E-state index contributed by atoms with van der Waals surface area (Å²) in [6.45, 7) is 0. The molecule has 3 aromatic rings. The average molecular weight is 284 g/mol. The Morgan fingerprint density at radius 1 is 0.700 bits per heavy atom. The third-order valence-electron chi connectivity index (χ3n) is 3.23. The van der Waals surface area contributed by atoms with Crippen LogP contribution in [0.3, 0.4) is 0 Å². The summed E-state index contributed by atoms with van der Waals surface area (Å²) >= 11 is 0. The van der Waals surface area contributed by atoms with Gasteiger partial charge in [0.05, 0.1) is 4.90 Å². The Morgan fingerprint density at radius 2 is 1.30 bits per heavy atom. The maximum atomic E-state index is 11.0. The van der Waals surface area contributed by atoms with Gasteiger partial charge in [-0.05, 0) is 40.1 Å². The molecule has 0 aliphatic rings. The van der Waals surface area contributed by atoms with E-state index >= 15 is 0 Å². The van der Waals surface area contributed by atoms with Gasteiger partial charge in [-0.3, -0.25) is 4.55 Å². The molecule has 1 N–H and O–H groups in total. The third-order valence-corrected chi connectivity index (χ3v) is 4.10. The van der Waals surface area contributed by atoms with Crippen molar-refractivity contribution in [1.82, 2.24) is 0 Å². The molecule has 100 valence electrons. The van der Waals surface area contributed by atoms with E-state index in [9.17, 15) is 8.42 Å². The van der Waals surface area contributed by atoms with Crippen LogP contribution in [0.25, 0.3) is 21.9 Å². The highest BCUT2D eigenvalue weighted by Crippen LogP contribution is 2.25. The lowest BCUT2D eigenvalue weighted by molar-refractivity contribution is 0.483. The van der Waals surface area contributed by atoms with Crippen LogP contribution in [-0.2, 0) is 10.1 Å². The Balaban J connectivity index is 2.07.